The SMILES string of the molecule is Cc1ccc(SCc2cccc([N+](=O)[O-])c2NN)c(C)c1. The number of hydrazine groups is 1. The van der Waals surface area contributed by atoms with Gasteiger partial charge in [-0.3, -0.25) is 16.0 Å². The number of benzene rings is 2. The predicted molar refractivity (Wildman–Crippen MR) is 86.4 cm³/mol. The molecule has 0 atom stereocenters. The fraction of sp³-hybridized carbons (Fsp3) is 0.200. The van der Waals surface area contributed by atoms with Crippen molar-refractivity contribution in [2.75, 3.05) is 5.43 Å². The van der Waals surface area contributed by atoms with E-state index in [4.69, 9.17) is 5.84 Å². The van der Waals surface area contributed by atoms with Crippen molar-refractivity contribution in [1.29, 1.82) is 0 Å². The summed E-state index contributed by atoms with van der Waals surface area (Å²) in [6, 6.07) is 11.2. The second-order valence-electron chi connectivity index (χ2n) is 4.77. The molecule has 0 spiro atoms. The van der Waals surface area contributed by atoms with Crippen LogP contribution in [0, 0.1) is 24.0 Å². The number of thioether (sulfide) groups is 1. The topological polar surface area (TPSA) is 81.2 Å². The van der Waals surface area contributed by atoms with Crippen molar-refractivity contribution in [2.24, 2.45) is 5.84 Å². The highest BCUT2D eigenvalue weighted by atomic mass is 32.2. The number of nitro groups is 1. The molecule has 0 fully saturated rings. The average Bonchev–Trinajstić information content (AvgIpc) is 2.45. The van der Waals surface area contributed by atoms with Gasteiger partial charge in [-0.1, -0.05) is 29.8 Å². The number of nitrogen functional groups attached to an aromatic ring is 1. The first kappa shape index (κ1) is 15.3. The summed E-state index contributed by atoms with van der Waals surface area (Å²) in [7, 11) is 0. The molecule has 0 aliphatic carbocycles. The maximum absolute atomic E-state index is 11.0. The molecule has 0 unspecified atom stereocenters. The van der Waals surface area contributed by atoms with Crippen molar-refractivity contribution in [3.05, 3.63) is 63.2 Å². The molecule has 0 aliphatic rings. The summed E-state index contributed by atoms with van der Waals surface area (Å²) in [5.74, 6) is 6.06. The summed E-state index contributed by atoms with van der Waals surface area (Å²) in [4.78, 5) is 11.7. The first-order chi connectivity index (χ1) is 10.0. The third-order valence-corrected chi connectivity index (χ3v) is 4.41. The quantitative estimate of drug-likeness (QED) is 0.380. The Hall–Kier alpha value is -2.05. The lowest BCUT2D eigenvalue weighted by Gasteiger charge is -2.10. The second kappa shape index (κ2) is 6.60. The Bertz CT molecular complexity index is 674. The molecular weight excluding hydrogens is 286 g/mol. The van der Waals surface area contributed by atoms with Gasteiger partial charge in [0.2, 0.25) is 0 Å². The van der Waals surface area contributed by atoms with Gasteiger partial charge in [-0.15, -0.1) is 11.8 Å². The Morgan fingerprint density at radius 3 is 2.67 bits per heavy atom. The maximum atomic E-state index is 11.0. The molecule has 0 bridgehead atoms. The lowest BCUT2D eigenvalue weighted by atomic mass is 10.2. The van der Waals surface area contributed by atoms with Crippen molar-refractivity contribution in [3.8, 4) is 0 Å². The predicted octanol–water partition coefficient (Wildman–Crippen LogP) is 3.79. The number of nitrogens with one attached hydrogen (secondary N) is 1. The molecule has 21 heavy (non-hydrogen) atoms. The number of nitrogens with two attached hydrogens (primary N) is 1. The van der Waals surface area contributed by atoms with E-state index in [2.05, 4.69) is 37.5 Å². The van der Waals surface area contributed by atoms with Crippen molar-refractivity contribution in [2.45, 2.75) is 24.5 Å². The molecule has 0 saturated heterocycles. The molecule has 0 aromatic heterocycles. The molecule has 0 aliphatic heterocycles. The number of nitrogens with zero attached hydrogens (tertiary/aromatic N) is 1. The van der Waals surface area contributed by atoms with Gasteiger partial charge < -0.3 is 5.43 Å². The van der Waals surface area contributed by atoms with Crippen LogP contribution in [0.3, 0.4) is 0 Å². The van der Waals surface area contributed by atoms with E-state index in [-0.39, 0.29) is 5.69 Å². The number of hydrogen-bond donors (Lipinski definition) is 2. The first-order valence-electron chi connectivity index (χ1n) is 6.46. The van der Waals surface area contributed by atoms with Gasteiger partial charge in [0.05, 0.1) is 4.92 Å². The molecule has 5 nitrogen and oxygen atoms in total. The first-order valence-corrected chi connectivity index (χ1v) is 7.44. The van der Waals surface area contributed by atoms with Crippen LogP contribution in [-0.4, -0.2) is 4.92 Å². The summed E-state index contributed by atoms with van der Waals surface area (Å²) < 4.78 is 0. The average molecular weight is 303 g/mol. The Morgan fingerprint density at radius 1 is 1.29 bits per heavy atom. The standard InChI is InChI=1S/C15H17N3O2S/c1-10-6-7-14(11(2)8-10)21-9-12-4-3-5-13(18(19)20)15(12)17-16/h3-8,17H,9,16H2,1-2H3. The van der Waals surface area contributed by atoms with Gasteiger partial charge in [0, 0.05) is 16.7 Å². The van der Waals surface area contributed by atoms with Crippen molar-refractivity contribution >= 4 is 23.1 Å². The summed E-state index contributed by atoms with van der Waals surface area (Å²) in [5.41, 5.74) is 6.06. The smallest absolute Gasteiger partial charge is 0.293 e. The third kappa shape index (κ3) is 3.53. The summed E-state index contributed by atoms with van der Waals surface area (Å²) in [5, 5.41) is 11.0. The molecule has 0 saturated carbocycles. The zero-order valence-electron chi connectivity index (χ0n) is 11.9. The molecule has 6 heteroatoms. The highest BCUT2D eigenvalue weighted by Crippen LogP contribution is 2.33. The highest BCUT2D eigenvalue weighted by molar-refractivity contribution is 7.98. The summed E-state index contributed by atoms with van der Waals surface area (Å²) in [6.07, 6.45) is 0. The molecule has 0 amide bonds. The van der Waals surface area contributed by atoms with Crippen LogP contribution in [0.1, 0.15) is 16.7 Å². The number of para-hydroxylation sites is 1. The molecule has 2 aromatic rings. The van der Waals surface area contributed by atoms with Gasteiger partial charge in [0.25, 0.3) is 5.69 Å². The van der Waals surface area contributed by atoms with Gasteiger partial charge in [-0.25, -0.2) is 0 Å². The van der Waals surface area contributed by atoms with Crippen LogP contribution in [-0.2, 0) is 5.75 Å². The van der Waals surface area contributed by atoms with E-state index in [9.17, 15) is 10.1 Å². The Balaban J connectivity index is 2.24. The fourth-order valence-corrected chi connectivity index (χ4v) is 3.14. The number of rotatable bonds is 5. The lowest BCUT2D eigenvalue weighted by molar-refractivity contribution is -0.384. The van der Waals surface area contributed by atoms with E-state index >= 15 is 0 Å². The monoisotopic (exact) mass is 303 g/mol. The zero-order valence-corrected chi connectivity index (χ0v) is 12.7. The van der Waals surface area contributed by atoms with Gasteiger partial charge in [-0.05, 0) is 31.0 Å². The van der Waals surface area contributed by atoms with Gasteiger partial charge >= 0.3 is 0 Å². The van der Waals surface area contributed by atoms with Crippen LogP contribution in [0.25, 0.3) is 0 Å². The van der Waals surface area contributed by atoms with E-state index in [1.165, 1.54) is 17.2 Å². The molecule has 3 N–H and O–H groups in total. The van der Waals surface area contributed by atoms with E-state index in [1.54, 1.807) is 17.8 Å². The minimum Gasteiger partial charge on any atom is -0.318 e. The van der Waals surface area contributed by atoms with Crippen LogP contribution < -0.4 is 11.3 Å². The number of hydrogen-bond acceptors (Lipinski definition) is 5. The molecule has 0 heterocycles. The Morgan fingerprint density at radius 2 is 2.05 bits per heavy atom. The lowest BCUT2D eigenvalue weighted by Crippen LogP contribution is -2.11. The van der Waals surface area contributed by atoms with Gasteiger partial charge in [-0.2, -0.15) is 0 Å². The Labute approximate surface area is 127 Å². The minimum absolute atomic E-state index is 0.00349. The molecule has 110 valence electrons. The van der Waals surface area contributed by atoms with Crippen LogP contribution in [0.4, 0.5) is 11.4 Å². The molecular formula is C15H17N3O2S. The van der Waals surface area contributed by atoms with E-state index in [0.29, 0.717) is 11.4 Å². The number of nitro benzene ring substituents is 1. The van der Waals surface area contributed by atoms with E-state index < -0.39 is 4.92 Å². The van der Waals surface area contributed by atoms with Crippen molar-refractivity contribution in [1.82, 2.24) is 0 Å². The number of aryl methyl sites for hydroxylation is 2. The fourth-order valence-electron chi connectivity index (χ4n) is 2.14. The molecule has 0 radical (unpaired) electrons. The van der Waals surface area contributed by atoms with Crippen LogP contribution >= 0.6 is 11.8 Å². The zero-order chi connectivity index (χ0) is 15.4. The van der Waals surface area contributed by atoms with Crippen molar-refractivity contribution < 1.29 is 4.92 Å². The molecule has 2 aromatic carbocycles. The second-order valence-corrected chi connectivity index (χ2v) is 5.79. The van der Waals surface area contributed by atoms with Crippen LogP contribution in [0.2, 0.25) is 0 Å². The summed E-state index contributed by atoms with van der Waals surface area (Å²) >= 11 is 1.64. The largest absolute Gasteiger partial charge is 0.318 e. The van der Waals surface area contributed by atoms with Crippen LogP contribution in [0.5, 0.6) is 0 Å². The van der Waals surface area contributed by atoms with E-state index in [0.717, 1.165) is 10.5 Å². The summed E-state index contributed by atoms with van der Waals surface area (Å²) in [6.45, 7) is 4.11. The minimum atomic E-state index is -0.430. The highest BCUT2D eigenvalue weighted by Gasteiger charge is 2.16. The van der Waals surface area contributed by atoms with Crippen LogP contribution in [0.15, 0.2) is 41.3 Å². The Kier molecular flexibility index (Phi) is 4.82. The molecule has 2 rings (SSSR count). The van der Waals surface area contributed by atoms with Crippen molar-refractivity contribution in [3.63, 3.8) is 0 Å². The number of anilines is 1. The van der Waals surface area contributed by atoms with Gasteiger partial charge in [0.1, 0.15) is 5.69 Å². The maximum Gasteiger partial charge on any atom is 0.293 e. The normalized spacial score (nSPS) is 10.4. The third-order valence-electron chi connectivity index (χ3n) is 3.18. The van der Waals surface area contributed by atoms with Gasteiger partial charge in [0.15, 0.2) is 0 Å². The van der Waals surface area contributed by atoms with E-state index in [1.807, 2.05) is 6.07 Å².